The Labute approximate surface area is 143 Å². The van der Waals surface area contributed by atoms with Gasteiger partial charge >= 0.3 is 0 Å². The van der Waals surface area contributed by atoms with Gasteiger partial charge in [-0.25, -0.2) is 9.40 Å². The highest BCUT2D eigenvalue weighted by Crippen LogP contribution is 2.30. The van der Waals surface area contributed by atoms with Crippen LogP contribution in [0.5, 0.6) is 11.5 Å². The van der Waals surface area contributed by atoms with Gasteiger partial charge in [0.25, 0.3) is 10.0 Å². The number of amidine groups is 1. The lowest BCUT2D eigenvalue weighted by Crippen LogP contribution is -2.21. The maximum absolute atomic E-state index is 13.4. The molecular formula is C16H14FN3O4S. The van der Waals surface area contributed by atoms with E-state index in [1.165, 1.54) is 55.7 Å². The first kappa shape index (κ1) is 16.9. The minimum Gasteiger partial charge on any atom is -0.508 e. The van der Waals surface area contributed by atoms with Gasteiger partial charge in [-0.3, -0.25) is 0 Å². The second-order valence-electron chi connectivity index (χ2n) is 5.23. The van der Waals surface area contributed by atoms with Gasteiger partial charge in [0.15, 0.2) is 17.4 Å². The van der Waals surface area contributed by atoms with Crippen LogP contribution in [0.2, 0.25) is 0 Å². The molecule has 1 N–H and O–H groups in total. The first-order chi connectivity index (χ1) is 11.8. The summed E-state index contributed by atoms with van der Waals surface area (Å²) in [5.41, 5.74) is 0.909. The average Bonchev–Trinajstić information content (AvgIpc) is 2.85. The summed E-state index contributed by atoms with van der Waals surface area (Å²) in [6.45, 7) is 0. The molecule has 1 heterocycles. The smallest absolute Gasteiger partial charge is 0.285 e. The predicted molar refractivity (Wildman–Crippen MR) is 90.1 cm³/mol. The van der Waals surface area contributed by atoms with E-state index in [4.69, 9.17) is 4.74 Å². The standard InChI is InChI=1S/C16H14FN3O4S/c1-20(18-9-10-3-6-13(17)14(7-10)24-2)16-12-5-4-11(21)8-15(12)25(22,23)19-16/h3-9,21H,1-2H3/b18-9+. The molecule has 0 unspecified atom stereocenters. The number of ether oxygens (including phenoxy) is 1. The number of fused-ring (bicyclic) bond motifs is 1. The minimum absolute atomic E-state index is 0.0759. The second-order valence-corrected chi connectivity index (χ2v) is 6.81. The van der Waals surface area contributed by atoms with Gasteiger partial charge in [0.1, 0.15) is 10.6 Å². The van der Waals surface area contributed by atoms with Crippen molar-refractivity contribution in [2.75, 3.05) is 14.2 Å². The number of benzene rings is 2. The van der Waals surface area contributed by atoms with Gasteiger partial charge in [-0.05, 0) is 29.8 Å². The van der Waals surface area contributed by atoms with Crippen molar-refractivity contribution in [3.8, 4) is 11.5 Å². The van der Waals surface area contributed by atoms with Gasteiger partial charge in [0.05, 0.1) is 13.3 Å². The maximum Gasteiger partial charge on any atom is 0.285 e. The van der Waals surface area contributed by atoms with E-state index in [2.05, 4.69) is 9.50 Å². The number of hydrazone groups is 1. The fraction of sp³-hybridized carbons (Fsp3) is 0.125. The SMILES string of the molecule is COc1cc(/C=N/N(C)C2=NS(=O)(=O)c3cc(O)ccc32)ccc1F. The van der Waals surface area contributed by atoms with Gasteiger partial charge in [-0.15, -0.1) is 4.40 Å². The predicted octanol–water partition coefficient (Wildman–Crippen LogP) is 1.95. The van der Waals surface area contributed by atoms with Gasteiger partial charge in [-0.2, -0.15) is 13.5 Å². The maximum atomic E-state index is 13.4. The van der Waals surface area contributed by atoms with Crippen LogP contribution in [0, 0.1) is 5.82 Å². The summed E-state index contributed by atoms with van der Waals surface area (Å²) in [5, 5.41) is 14.9. The van der Waals surface area contributed by atoms with Crippen molar-refractivity contribution in [3.05, 3.63) is 53.3 Å². The van der Waals surface area contributed by atoms with E-state index in [0.717, 1.165) is 6.07 Å². The number of rotatable bonds is 3. The van der Waals surface area contributed by atoms with Crippen LogP contribution in [0.4, 0.5) is 4.39 Å². The van der Waals surface area contributed by atoms with Crippen LogP contribution in [0.25, 0.3) is 0 Å². The third-order valence-corrected chi connectivity index (χ3v) is 4.86. The summed E-state index contributed by atoms with van der Waals surface area (Å²) in [7, 11) is -0.986. The molecule has 0 saturated carbocycles. The molecule has 7 nitrogen and oxygen atoms in total. The van der Waals surface area contributed by atoms with Crippen molar-refractivity contribution in [2.45, 2.75) is 4.90 Å². The molecule has 0 bridgehead atoms. The van der Waals surface area contributed by atoms with Crippen LogP contribution in [0.3, 0.4) is 0 Å². The van der Waals surface area contributed by atoms with Crippen molar-refractivity contribution < 1.29 is 22.7 Å². The lowest BCUT2D eigenvalue weighted by Gasteiger charge is -2.12. The minimum atomic E-state index is -3.88. The number of phenolic OH excluding ortho intramolecular Hbond substituents is 1. The zero-order valence-corrected chi connectivity index (χ0v) is 14.2. The van der Waals surface area contributed by atoms with E-state index in [1.54, 1.807) is 0 Å². The van der Waals surface area contributed by atoms with Crippen LogP contribution in [-0.4, -0.2) is 44.7 Å². The first-order valence-corrected chi connectivity index (χ1v) is 8.55. The number of sulfonamides is 1. The van der Waals surface area contributed by atoms with Crippen LogP contribution in [-0.2, 0) is 10.0 Å². The zero-order chi connectivity index (χ0) is 18.2. The highest BCUT2D eigenvalue weighted by atomic mass is 32.2. The van der Waals surface area contributed by atoms with Crippen LogP contribution >= 0.6 is 0 Å². The molecule has 0 fully saturated rings. The van der Waals surface area contributed by atoms with Gasteiger partial charge in [-0.1, -0.05) is 6.07 Å². The topological polar surface area (TPSA) is 91.6 Å². The highest BCUT2D eigenvalue weighted by Gasteiger charge is 2.31. The first-order valence-electron chi connectivity index (χ1n) is 7.11. The molecule has 3 rings (SSSR count). The number of nitrogens with zero attached hydrogens (tertiary/aromatic N) is 3. The van der Waals surface area contributed by atoms with Crippen LogP contribution in [0.15, 0.2) is 50.8 Å². The molecule has 0 aliphatic carbocycles. The summed E-state index contributed by atoms with van der Waals surface area (Å²) in [5.74, 6) is -0.454. The largest absolute Gasteiger partial charge is 0.508 e. The Bertz CT molecular complexity index is 1000. The Kier molecular flexibility index (Phi) is 4.17. The van der Waals surface area contributed by atoms with E-state index < -0.39 is 15.8 Å². The molecular weight excluding hydrogens is 349 g/mol. The Morgan fingerprint density at radius 3 is 2.76 bits per heavy atom. The van der Waals surface area contributed by atoms with Crippen LogP contribution in [0.1, 0.15) is 11.1 Å². The molecule has 0 amide bonds. The molecule has 1 aliphatic rings. The molecule has 0 aromatic heterocycles. The molecule has 0 radical (unpaired) electrons. The third-order valence-electron chi connectivity index (χ3n) is 3.55. The molecule has 9 heteroatoms. The Morgan fingerprint density at radius 1 is 1.28 bits per heavy atom. The van der Waals surface area contributed by atoms with Gasteiger partial charge < -0.3 is 9.84 Å². The summed E-state index contributed by atoms with van der Waals surface area (Å²) in [6, 6.07) is 8.19. The quantitative estimate of drug-likeness (QED) is 0.665. The Hall–Kier alpha value is -2.94. The summed E-state index contributed by atoms with van der Waals surface area (Å²) in [4.78, 5) is -0.0759. The molecule has 2 aromatic rings. The molecule has 0 spiro atoms. The van der Waals surface area contributed by atoms with E-state index in [-0.39, 0.29) is 22.2 Å². The lowest BCUT2D eigenvalue weighted by atomic mass is 10.2. The summed E-state index contributed by atoms with van der Waals surface area (Å²) < 4.78 is 46.2. The van der Waals surface area contributed by atoms with Crippen molar-refractivity contribution in [3.63, 3.8) is 0 Å². The summed E-state index contributed by atoms with van der Waals surface area (Å²) in [6.07, 6.45) is 1.43. The van der Waals surface area contributed by atoms with Crippen molar-refractivity contribution in [1.29, 1.82) is 0 Å². The molecule has 130 valence electrons. The molecule has 0 atom stereocenters. The normalized spacial score (nSPS) is 15.1. The Morgan fingerprint density at radius 2 is 2.04 bits per heavy atom. The fourth-order valence-corrected chi connectivity index (χ4v) is 3.57. The van der Waals surface area contributed by atoms with E-state index >= 15 is 0 Å². The number of hydrogen-bond donors (Lipinski definition) is 1. The van der Waals surface area contributed by atoms with Crippen molar-refractivity contribution in [1.82, 2.24) is 5.01 Å². The number of hydrogen-bond acceptors (Lipinski definition) is 6. The average molecular weight is 363 g/mol. The molecule has 2 aromatic carbocycles. The number of methoxy groups -OCH3 is 1. The third kappa shape index (κ3) is 3.18. The number of aromatic hydroxyl groups is 1. The fourth-order valence-electron chi connectivity index (χ4n) is 2.32. The highest BCUT2D eigenvalue weighted by molar-refractivity contribution is 7.90. The lowest BCUT2D eigenvalue weighted by molar-refractivity contribution is 0.386. The molecule has 1 aliphatic heterocycles. The van der Waals surface area contributed by atoms with E-state index in [0.29, 0.717) is 11.1 Å². The zero-order valence-electron chi connectivity index (χ0n) is 13.3. The van der Waals surface area contributed by atoms with E-state index in [1.807, 2.05) is 0 Å². The van der Waals surface area contributed by atoms with Gasteiger partial charge in [0.2, 0.25) is 0 Å². The molecule has 25 heavy (non-hydrogen) atoms. The van der Waals surface area contributed by atoms with E-state index in [9.17, 15) is 17.9 Å². The molecule has 0 saturated heterocycles. The summed E-state index contributed by atoms with van der Waals surface area (Å²) >= 11 is 0. The monoisotopic (exact) mass is 363 g/mol. The number of halogens is 1. The van der Waals surface area contributed by atoms with Gasteiger partial charge in [0, 0.05) is 18.7 Å². The number of phenols is 1. The van der Waals surface area contributed by atoms with Crippen molar-refractivity contribution >= 4 is 22.1 Å². The Balaban J connectivity index is 1.91. The van der Waals surface area contributed by atoms with Crippen LogP contribution < -0.4 is 4.74 Å². The second kappa shape index (κ2) is 6.17. The van der Waals surface area contributed by atoms with Crippen molar-refractivity contribution in [2.24, 2.45) is 9.50 Å².